The smallest absolute Gasteiger partial charge is 0.260 e. The minimum absolute atomic E-state index is 0.175. The molecular weight excluding hydrogens is 532 g/mol. The fourth-order valence-corrected chi connectivity index (χ4v) is 7.58. The highest BCUT2D eigenvalue weighted by atomic mass is 32.2. The third kappa shape index (κ3) is 6.04. The Bertz CT molecular complexity index is 1470. The first-order valence-electron chi connectivity index (χ1n) is 12.3. The van der Waals surface area contributed by atoms with Crippen molar-refractivity contribution in [3.8, 4) is 0 Å². The highest BCUT2D eigenvalue weighted by molar-refractivity contribution is 7.90. The Kier molecular flexibility index (Phi) is 8.34. The second-order valence-corrected chi connectivity index (χ2v) is 14.0. The number of carbonyl (C=O) groups excluding carboxylic acids is 1. The molecule has 1 saturated heterocycles. The van der Waals surface area contributed by atoms with Crippen molar-refractivity contribution in [1.29, 1.82) is 0 Å². The summed E-state index contributed by atoms with van der Waals surface area (Å²) in [6, 6.07) is 10.8. The van der Waals surface area contributed by atoms with Gasteiger partial charge in [-0.05, 0) is 68.4 Å². The zero-order chi connectivity index (χ0) is 26.8. The quantitative estimate of drug-likeness (QED) is 0.371. The first-order chi connectivity index (χ1) is 17.5. The molecule has 2 heterocycles. The first kappa shape index (κ1) is 27.6. The van der Waals surface area contributed by atoms with E-state index in [0.29, 0.717) is 47.1 Å². The number of likely N-dealkylation sites (N-methyl/N-ethyl adjacent to an activating group) is 1. The summed E-state index contributed by atoms with van der Waals surface area (Å²) >= 11 is 1.26. The fraction of sp³-hybridized carbons (Fsp3) is 0.440. The lowest BCUT2D eigenvalue weighted by molar-refractivity contribution is 0.0983. The molecule has 9 nitrogen and oxygen atoms in total. The first-order valence-corrected chi connectivity index (χ1v) is 16.4. The third-order valence-electron chi connectivity index (χ3n) is 6.59. The van der Waals surface area contributed by atoms with Gasteiger partial charge in [0, 0.05) is 38.0 Å². The molecule has 1 aromatic heterocycles. The van der Waals surface area contributed by atoms with Crippen LogP contribution in [0.4, 0.5) is 5.13 Å². The molecule has 4 rings (SSSR count). The van der Waals surface area contributed by atoms with Crippen LogP contribution in [0.3, 0.4) is 0 Å². The maximum atomic E-state index is 13.7. The van der Waals surface area contributed by atoms with Crippen LogP contribution in [0.2, 0.25) is 0 Å². The van der Waals surface area contributed by atoms with Crippen molar-refractivity contribution in [2.24, 2.45) is 0 Å². The van der Waals surface area contributed by atoms with Gasteiger partial charge in [0.05, 0.1) is 20.0 Å². The zero-order valence-corrected chi connectivity index (χ0v) is 23.7. The zero-order valence-electron chi connectivity index (χ0n) is 21.3. The van der Waals surface area contributed by atoms with Crippen molar-refractivity contribution < 1.29 is 21.6 Å². The van der Waals surface area contributed by atoms with Crippen LogP contribution in [0.15, 0.2) is 52.3 Å². The lowest BCUT2D eigenvalue weighted by Gasteiger charge is -2.25. The van der Waals surface area contributed by atoms with Crippen molar-refractivity contribution in [3.05, 3.63) is 48.0 Å². The standard InChI is InChI=1S/C25H32N4O5S3/c1-4-27(5-2)16-17-29(25-26-22-13-12-21(36(3,31)32)18-23(22)35-25)24(30)19-8-10-20(11-9-19)37(33,34)28-14-6-7-15-28/h8-13,18H,4-7,14-17H2,1-3H3. The summed E-state index contributed by atoms with van der Waals surface area (Å²) in [7, 11) is -6.95. The number of amides is 1. The highest BCUT2D eigenvalue weighted by Gasteiger charge is 2.28. The third-order valence-corrected chi connectivity index (χ3v) is 10.7. The Morgan fingerprint density at radius 2 is 1.57 bits per heavy atom. The van der Waals surface area contributed by atoms with Crippen LogP contribution >= 0.6 is 11.3 Å². The summed E-state index contributed by atoms with van der Waals surface area (Å²) in [6.45, 7) is 7.82. The molecule has 0 bridgehead atoms. The van der Waals surface area contributed by atoms with Crippen LogP contribution in [0, 0.1) is 0 Å². The number of rotatable bonds is 10. The summed E-state index contributed by atoms with van der Waals surface area (Å²) in [4.78, 5) is 22.5. The molecule has 1 fully saturated rings. The van der Waals surface area contributed by atoms with Crippen LogP contribution < -0.4 is 4.90 Å². The Labute approximate surface area is 222 Å². The number of hydrogen-bond acceptors (Lipinski definition) is 8. The number of sulfone groups is 1. The van der Waals surface area contributed by atoms with Crippen molar-refractivity contribution in [1.82, 2.24) is 14.2 Å². The number of aromatic nitrogens is 1. The van der Waals surface area contributed by atoms with Crippen molar-refractivity contribution in [2.45, 2.75) is 36.5 Å². The summed E-state index contributed by atoms with van der Waals surface area (Å²) < 4.78 is 51.9. The second kappa shape index (κ2) is 11.2. The Morgan fingerprint density at radius 3 is 2.16 bits per heavy atom. The molecule has 1 aliphatic rings. The van der Waals surface area contributed by atoms with Gasteiger partial charge in [-0.1, -0.05) is 25.2 Å². The van der Waals surface area contributed by atoms with Crippen molar-refractivity contribution >= 4 is 52.5 Å². The normalized spacial score (nSPS) is 15.0. The number of anilines is 1. The molecule has 0 saturated carbocycles. The number of sulfonamides is 1. The summed E-state index contributed by atoms with van der Waals surface area (Å²) in [5.41, 5.74) is 0.969. The van der Waals surface area contributed by atoms with E-state index in [4.69, 9.17) is 0 Å². The maximum absolute atomic E-state index is 13.7. The van der Waals surface area contributed by atoms with E-state index in [1.165, 1.54) is 33.8 Å². The van der Waals surface area contributed by atoms with E-state index < -0.39 is 19.9 Å². The summed E-state index contributed by atoms with van der Waals surface area (Å²) in [5, 5.41) is 0.464. The Morgan fingerprint density at radius 1 is 0.946 bits per heavy atom. The van der Waals surface area contributed by atoms with Gasteiger partial charge in [-0.25, -0.2) is 21.8 Å². The molecule has 200 valence electrons. The van der Waals surface area contributed by atoms with Gasteiger partial charge in [-0.15, -0.1) is 0 Å². The van der Waals surface area contributed by atoms with Gasteiger partial charge in [0.2, 0.25) is 10.0 Å². The monoisotopic (exact) mass is 564 g/mol. The molecule has 2 aromatic carbocycles. The largest absolute Gasteiger partial charge is 0.302 e. The molecule has 0 spiro atoms. The highest BCUT2D eigenvalue weighted by Crippen LogP contribution is 2.32. The van der Waals surface area contributed by atoms with Gasteiger partial charge in [0.1, 0.15) is 0 Å². The van der Waals surface area contributed by atoms with E-state index in [9.17, 15) is 21.6 Å². The molecule has 3 aromatic rings. The molecular formula is C25H32N4O5S3. The molecule has 1 aliphatic heterocycles. The van der Waals surface area contributed by atoms with Crippen molar-refractivity contribution in [2.75, 3.05) is 50.4 Å². The number of thiazole rings is 1. The van der Waals surface area contributed by atoms with Gasteiger partial charge >= 0.3 is 0 Å². The van der Waals surface area contributed by atoms with Gasteiger partial charge in [0.25, 0.3) is 5.91 Å². The summed E-state index contributed by atoms with van der Waals surface area (Å²) in [5.74, 6) is -0.292. The van der Waals surface area contributed by atoms with Gasteiger partial charge in [0.15, 0.2) is 15.0 Å². The SMILES string of the molecule is CCN(CC)CCN(C(=O)c1ccc(S(=O)(=O)N2CCCC2)cc1)c1nc2ccc(S(C)(=O)=O)cc2s1. The van der Waals surface area contributed by atoms with Gasteiger partial charge in [-0.3, -0.25) is 9.69 Å². The van der Waals surface area contributed by atoms with E-state index in [0.717, 1.165) is 32.2 Å². The number of fused-ring (bicyclic) bond motifs is 1. The summed E-state index contributed by atoms with van der Waals surface area (Å²) in [6.07, 6.45) is 2.86. The average molecular weight is 565 g/mol. The molecule has 0 aliphatic carbocycles. The Hall–Kier alpha value is -2.38. The molecule has 37 heavy (non-hydrogen) atoms. The van der Waals surface area contributed by atoms with Crippen molar-refractivity contribution in [3.63, 3.8) is 0 Å². The second-order valence-electron chi connectivity index (χ2n) is 9.02. The van der Waals surface area contributed by atoms with Crippen LogP contribution in [0.25, 0.3) is 10.2 Å². The van der Waals surface area contributed by atoms with Gasteiger partial charge < -0.3 is 4.90 Å². The van der Waals surface area contributed by atoms with Gasteiger partial charge in [-0.2, -0.15) is 4.31 Å². The fourth-order valence-electron chi connectivity index (χ4n) is 4.31. The molecule has 1 amide bonds. The lowest BCUT2D eigenvalue weighted by atomic mass is 10.2. The number of hydrogen-bond donors (Lipinski definition) is 0. The van der Waals surface area contributed by atoms with E-state index in [1.54, 1.807) is 29.2 Å². The van der Waals surface area contributed by atoms with E-state index in [2.05, 4.69) is 23.7 Å². The minimum Gasteiger partial charge on any atom is -0.302 e. The molecule has 0 unspecified atom stereocenters. The number of nitrogens with zero attached hydrogens (tertiary/aromatic N) is 4. The number of benzene rings is 2. The lowest BCUT2D eigenvalue weighted by Crippen LogP contribution is -2.38. The van der Waals surface area contributed by atoms with Crippen LogP contribution in [0.5, 0.6) is 0 Å². The number of carbonyl (C=O) groups is 1. The molecule has 0 atom stereocenters. The van der Waals surface area contributed by atoms with Crippen LogP contribution in [-0.4, -0.2) is 82.5 Å². The van der Waals surface area contributed by atoms with Crippen LogP contribution in [-0.2, 0) is 19.9 Å². The predicted octanol–water partition coefficient (Wildman–Crippen LogP) is 3.47. The molecule has 0 radical (unpaired) electrons. The van der Waals surface area contributed by atoms with E-state index in [1.807, 2.05) is 0 Å². The van der Waals surface area contributed by atoms with Crippen LogP contribution in [0.1, 0.15) is 37.0 Å². The maximum Gasteiger partial charge on any atom is 0.260 e. The topological polar surface area (TPSA) is 108 Å². The predicted molar refractivity (Wildman–Crippen MR) is 147 cm³/mol. The Balaban J connectivity index is 1.66. The molecule has 12 heteroatoms. The van der Waals surface area contributed by atoms with E-state index in [-0.39, 0.29) is 15.7 Å². The van der Waals surface area contributed by atoms with E-state index >= 15 is 0 Å². The molecule has 0 N–H and O–H groups in total. The average Bonchev–Trinajstić information content (AvgIpc) is 3.56. The minimum atomic E-state index is -3.57.